The van der Waals surface area contributed by atoms with Crippen molar-refractivity contribution in [2.75, 3.05) is 14.7 Å². The van der Waals surface area contributed by atoms with Crippen LogP contribution in [0, 0.1) is 0 Å². The first-order chi connectivity index (χ1) is 29.2. The van der Waals surface area contributed by atoms with Gasteiger partial charge in [0.1, 0.15) is 11.2 Å². The second kappa shape index (κ2) is 14.7. The van der Waals surface area contributed by atoms with Crippen LogP contribution in [-0.2, 0) is 0 Å². The van der Waals surface area contributed by atoms with Gasteiger partial charge in [0.25, 0.3) is 0 Å². The quantitative estimate of drug-likeness (QED) is 0.146. The Balaban J connectivity index is 0.999. The first kappa shape index (κ1) is 34.6. The van der Waals surface area contributed by atoms with Crippen LogP contribution in [0.25, 0.3) is 42.1 Å². The third-order valence-corrected chi connectivity index (χ3v) is 12.1. The van der Waals surface area contributed by atoms with E-state index in [1.807, 2.05) is 11.3 Å². The standard InChI is InChI=1S/C54H37N3OS/c1-6-16-38(17-7-1)55(39-18-8-2-9-19-39)43-28-32-51-49(34-43)47-30-26-45(36-52(47)58-51)57(42-24-14-5-15-25-42)44-29-33-53-50(35-44)48-31-27-46(37-54(48)59-53)56(40-20-10-3-11-21-40)41-22-12-4-13-23-41/h1-37H. The molecule has 11 aromatic rings. The Bertz CT molecular complexity index is 3140. The summed E-state index contributed by atoms with van der Waals surface area (Å²) >= 11 is 1.84. The van der Waals surface area contributed by atoms with Crippen LogP contribution in [0.15, 0.2) is 229 Å². The predicted molar refractivity (Wildman–Crippen MR) is 251 cm³/mol. The van der Waals surface area contributed by atoms with Gasteiger partial charge in [0.15, 0.2) is 0 Å². The van der Waals surface area contributed by atoms with E-state index in [-0.39, 0.29) is 0 Å². The molecule has 2 aromatic heterocycles. The number of hydrogen-bond acceptors (Lipinski definition) is 5. The summed E-state index contributed by atoms with van der Waals surface area (Å²) in [5.41, 5.74) is 11.6. The number of hydrogen-bond donors (Lipinski definition) is 0. The molecule has 0 aliphatic carbocycles. The zero-order valence-corrected chi connectivity index (χ0v) is 32.8. The second-order valence-corrected chi connectivity index (χ2v) is 15.7. The molecule has 4 nitrogen and oxygen atoms in total. The van der Waals surface area contributed by atoms with E-state index >= 15 is 0 Å². The molecule has 9 aromatic carbocycles. The molecule has 11 rings (SSSR count). The Labute approximate surface area is 346 Å². The smallest absolute Gasteiger partial charge is 0.137 e. The number of para-hydroxylation sites is 5. The van der Waals surface area contributed by atoms with Crippen molar-refractivity contribution in [1.29, 1.82) is 0 Å². The SMILES string of the molecule is c1ccc(N(c2ccccc2)c2ccc3c(c2)sc2ccc(N(c4ccccc4)c4ccc5c(c4)oc4ccc(N(c6ccccc6)c6ccccc6)cc45)cc23)cc1. The van der Waals surface area contributed by atoms with Gasteiger partial charge in [-0.05, 0) is 121 Å². The zero-order valence-electron chi connectivity index (χ0n) is 32.0. The molecular formula is C54H37N3OS. The Hall–Kier alpha value is -7.60. The Morgan fingerprint density at radius 2 is 0.644 bits per heavy atom. The molecule has 0 saturated heterocycles. The summed E-state index contributed by atoms with van der Waals surface area (Å²) in [6.07, 6.45) is 0. The molecule has 0 amide bonds. The van der Waals surface area contributed by atoms with E-state index in [9.17, 15) is 0 Å². The van der Waals surface area contributed by atoms with Crippen LogP contribution < -0.4 is 14.7 Å². The summed E-state index contributed by atoms with van der Waals surface area (Å²) in [5.74, 6) is 0. The highest BCUT2D eigenvalue weighted by atomic mass is 32.1. The van der Waals surface area contributed by atoms with Crippen LogP contribution >= 0.6 is 11.3 Å². The van der Waals surface area contributed by atoms with E-state index in [0.29, 0.717) is 0 Å². The minimum absolute atomic E-state index is 0.845. The molecule has 0 N–H and O–H groups in total. The normalized spacial score (nSPS) is 11.4. The van der Waals surface area contributed by atoms with E-state index in [1.165, 1.54) is 20.2 Å². The molecule has 280 valence electrons. The van der Waals surface area contributed by atoms with Gasteiger partial charge in [-0.3, -0.25) is 0 Å². The van der Waals surface area contributed by atoms with Crippen LogP contribution in [0.2, 0.25) is 0 Å². The van der Waals surface area contributed by atoms with E-state index in [2.05, 4.69) is 239 Å². The van der Waals surface area contributed by atoms with Gasteiger partial charge in [0.2, 0.25) is 0 Å². The number of nitrogens with zero attached hydrogens (tertiary/aromatic N) is 3. The van der Waals surface area contributed by atoms with Gasteiger partial charge in [-0.15, -0.1) is 11.3 Å². The minimum Gasteiger partial charge on any atom is -0.456 e. The third-order valence-electron chi connectivity index (χ3n) is 11.0. The third kappa shape index (κ3) is 6.35. The first-order valence-electron chi connectivity index (χ1n) is 19.8. The second-order valence-electron chi connectivity index (χ2n) is 14.6. The maximum atomic E-state index is 6.62. The van der Waals surface area contributed by atoms with Gasteiger partial charge in [-0.2, -0.15) is 0 Å². The predicted octanol–water partition coefficient (Wildman–Crippen LogP) is 16.4. The molecule has 0 spiro atoms. The van der Waals surface area contributed by atoms with Crippen molar-refractivity contribution < 1.29 is 4.42 Å². The number of furan rings is 1. The van der Waals surface area contributed by atoms with Crippen molar-refractivity contribution in [3.63, 3.8) is 0 Å². The van der Waals surface area contributed by atoms with Crippen molar-refractivity contribution >= 4 is 105 Å². The summed E-state index contributed by atoms with van der Waals surface area (Å²) in [5, 5.41) is 4.64. The molecule has 59 heavy (non-hydrogen) atoms. The zero-order chi connectivity index (χ0) is 39.1. The molecule has 0 saturated carbocycles. The van der Waals surface area contributed by atoms with Crippen LogP contribution in [0.3, 0.4) is 0 Å². The number of thiophene rings is 1. The molecular weight excluding hydrogens is 739 g/mol. The van der Waals surface area contributed by atoms with Crippen LogP contribution in [0.5, 0.6) is 0 Å². The highest BCUT2D eigenvalue weighted by molar-refractivity contribution is 7.25. The van der Waals surface area contributed by atoms with Crippen LogP contribution in [-0.4, -0.2) is 0 Å². The number of rotatable bonds is 9. The van der Waals surface area contributed by atoms with E-state index in [1.54, 1.807) is 0 Å². The molecule has 2 heterocycles. The Morgan fingerprint density at radius 1 is 0.254 bits per heavy atom. The lowest BCUT2D eigenvalue weighted by Crippen LogP contribution is -2.09. The van der Waals surface area contributed by atoms with Gasteiger partial charge in [0, 0.05) is 88.2 Å². The monoisotopic (exact) mass is 775 g/mol. The van der Waals surface area contributed by atoms with Gasteiger partial charge >= 0.3 is 0 Å². The lowest BCUT2D eigenvalue weighted by Gasteiger charge is -2.26. The van der Waals surface area contributed by atoms with Crippen LogP contribution in [0.1, 0.15) is 0 Å². The molecule has 0 unspecified atom stereocenters. The lowest BCUT2D eigenvalue weighted by molar-refractivity contribution is 0.669. The summed E-state index contributed by atoms with van der Waals surface area (Å²) < 4.78 is 9.13. The van der Waals surface area contributed by atoms with Crippen molar-refractivity contribution in [1.82, 2.24) is 0 Å². The van der Waals surface area contributed by atoms with E-state index in [4.69, 9.17) is 4.42 Å². The van der Waals surface area contributed by atoms with Crippen molar-refractivity contribution in [2.24, 2.45) is 0 Å². The lowest BCUT2D eigenvalue weighted by atomic mass is 10.1. The van der Waals surface area contributed by atoms with Gasteiger partial charge in [-0.25, -0.2) is 0 Å². The highest BCUT2D eigenvalue weighted by Gasteiger charge is 2.20. The molecule has 0 bridgehead atoms. The summed E-state index contributed by atoms with van der Waals surface area (Å²) in [6, 6.07) is 79.6. The van der Waals surface area contributed by atoms with E-state index < -0.39 is 0 Å². The molecule has 0 atom stereocenters. The van der Waals surface area contributed by atoms with Gasteiger partial charge < -0.3 is 19.1 Å². The molecule has 5 heteroatoms. The Morgan fingerprint density at radius 3 is 1.15 bits per heavy atom. The highest BCUT2D eigenvalue weighted by Crippen LogP contribution is 2.45. The molecule has 0 aliphatic rings. The fraction of sp³-hybridized carbons (Fsp3) is 0. The van der Waals surface area contributed by atoms with E-state index in [0.717, 1.165) is 73.1 Å². The van der Waals surface area contributed by atoms with Crippen molar-refractivity contribution in [3.8, 4) is 0 Å². The maximum Gasteiger partial charge on any atom is 0.137 e. The fourth-order valence-electron chi connectivity index (χ4n) is 8.29. The van der Waals surface area contributed by atoms with Crippen molar-refractivity contribution in [2.45, 2.75) is 0 Å². The number of anilines is 9. The van der Waals surface area contributed by atoms with Crippen LogP contribution in [0.4, 0.5) is 51.2 Å². The fourth-order valence-corrected chi connectivity index (χ4v) is 9.41. The summed E-state index contributed by atoms with van der Waals surface area (Å²) in [4.78, 5) is 6.94. The first-order valence-corrected chi connectivity index (χ1v) is 20.7. The average Bonchev–Trinajstić information content (AvgIpc) is 3.85. The summed E-state index contributed by atoms with van der Waals surface area (Å²) in [6.45, 7) is 0. The van der Waals surface area contributed by atoms with Crippen molar-refractivity contribution in [3.05, 3.63) is 224 Å². The molecule has 0 aliphatic heterocycles. The maximum absolute atomic E-state index is 6.62. The topological polar surface area (TPSA) is 22.9 Å². The number of benzene rings is 9. The average molecular weight is 776 g/mol. The molecule has 0 fully saturated rings. The Kier molecular flexibility index (Phi) is 8.64. The largest absolute Gasteiger partial charge is 0.456 e. The summed E-state index contributed by atoms with van der Waals surface area (Å²) in [7, 11) is 0. The number of fused-ring (bicyclic) bond motifs is 6. The minimum atomic E-state index is 0.845. The van der Waals surface area contributed by atoms with Gasteiger partial charge in [-0.1, -0.05) is 97.1 Å². The molecule has 0 radical (unpaired) electrons. The van der Waals surface area contributed by atoms with Gasteiger partial charge in [0.05, 0.1) is 0 Å².